The number of aliphatic hydroxyl groups excluding tert-OH is 2. The van der Waals surface area contributed by atoms with Gasteiger partial charge in [-0.15, -0.1) is 0 Å². The van der Waals surface area contributed by atoms with E-state index in [0.29, 0.717) is 0 Å². The normalized spacial score (nSPS) is 40.8. The lowest BCUT2D eigenvalue weighted by molar-refractivity contribution is -0.00000488. The van der Waals surface area contributed by atoms with Crippen molar-refractivity contribution in [2.45, 2.75) is 24.4 Å². The standard InChI is InChI=1S/C10H10O3/c11-7-5-3-1-2-4-6(5)9-10(13-9)8(7)12/h1-4,7-12H/t7-,8+,9-,10+/m1/s1. The molecular weight excluding hydrogens is 168 g/mol. The van der Waals surface area contributed by atoms with E-state index in [-0.39, 0.29) is 12.2 Å². The van der Waals surface area contributed by atoms with E-state index >= 15 is 0 Å². The summed E-state index contributed by atoms with van der Waals surface area (Å²) in [4.78, 5) is 0. The predicted octanol–water partition coefficient (Wildman–Crippen LogP) is 0.534. The fourth-order valence-corrected chi connectivity index (χ4v) is 2.04. The average molecular weight is 178 g/mol. The van der Waals surface area contributed by atoms with Crippen LogP contribution in [0, 0.1) is 0 Å². The molecule has 1 aromatic rings. The first kappa shape index (κ1) is 7.50. The van der Waals surface area contributed by atoms with E-state index in [1.807, 2.05) is 24.3 Å². The molecular formula is C10H10O3. The smallest absolute Gasteiger partial charge is 0.118 e. The van der Waals surface area contributed by atoms with Gasteiger partial charge in [-0.25, -0.2) is 0 Å². The highest BCUT2D eigenvalue weighted by Crippen LogP contribution is 2.50. The number of hydrogen-bond donors (Lipinski definition) is 2. The van der Waals surface area contributed by atoms with Crippen molar-refractivity contribution in [2.75, 3.05) is 0 Å². The molecule has 68 valence electrons. The Kier molecular flexibility index (Phi) is 1.34. The molecule has 1 saturated heterocycles. The molecule has 3 heteroatoms. The van der Waals surface area contributed by atoms with Crippen molar-refractivity contribution < 1.29 is 14.9 Å². The Hall–Kier alpha value is -0.900. The molecule has 3 rings (SSSR count). The summed E-state index contributed by atoms with van der Waals surface area (Å²) >= 11 is 0. The van der Waals surface area contributed by atoms with Gasteiger partial charge in [0, 0.05) is 0 Å². The van der Waals surface area contributed by atoms with Crippen molar-refractivity contribution in [2.24, 2.45) is 0 Å². The van der Waals surface area contributed by atoms with Crippen LogP contribution in [0.25, 0.3) is 0 Å². The van der Waals surface area contributed by atoms with Crippen LogP contribution in [-0.2, 0) is 4.74 Å². The number of benzene rings is 1. The Labute approximate surface area is 75.6 Å². The monoisotopic (exact) mass is 178 g/mol. The van der Waals surface area contributed by atoms with Crippen LogP contribution in [0.4, 0.5) is 0 Å². The van der Waals surface area contributed by atoms with Crippen molar-refractivity contribution in [3.63, 3.8) is 0 Å². The molecule has 1 fully saturated rings. The highest BCUT2D eigenvalue weighted by Gasteiger charge is 2.53. The maximum Gasteiger partial charge on any atom is 0.118 e. The van der Waals surface area contributed by atoms with Gasteiger partial charge in [0.05, 0.1) is 0 Å². The molecule has 0 bridgehead atoms. The molecule has 0 aromatic heterocycles. The number of hydrogen-bond acceptors (Lipinski definition) is 3. The van der Waals surface area contributed by atoms with Gasteiger partial charge < -0.3 is 14.9 Å². The topological polar surface area (TPSA) is 53.0 Å². The first-order valence-electron chi connectivity index (χ1n) is 4.39. The van der Waals surface area contributed by atoms with E-state index < -0.39 is 12.2 Å². The fraction of sp³-hybridized carbons (Fsp3) is 0.400. The summed E-state index contributed by atoms with van der Waals surface area (Å²) in [6.45, 7) is 0. The lowest BCUT2D eigenvalue weighted by Gasteiger charge is -2.22. The second kappa shape index (κ2) is 2.32. The predicted molar refractivity (Wildman–Crippen MR) is 45.0 cm³/mol. The third-order valence-electron chi connectivity index (χ3n) is 2.81. The highest BCUT2D eigenvalue weighted by molar-refractivity contribution is 5.38. The second-order valence-corrected chi connectivity index (χ2v) is 3.59. The molecule has 0 spiro atoms. The largest absolute Gasteiger partial charge is 0.387 e. The molecule has 1 aromatic carbocycles. The summed E-state index contributed by atoms with van der Waals surface area (Å²) in [5.41, 5.74) is 1.82. The quantitative estimate of drug-likeness (QED) is 0.570. The van der Waals surface area contributed by atoms with E-state index in [9.17, 15) is 10.2 Å². The van der Waals surface area contributed by atoms with Gasteiger partial charge in [0.15, 0.2) is 0 Å². The molecule has 0 unspecified atom stereocenters. The van der Waals surface area contributed by atoms with Crippen molar-refractivity contribution in [1.82, 2.24) is 0 Å². The van der Waals surface area contributed by atoms with Crippen LogP contribution in [-0.4, -0.2) is 22.4 Å². The van der Waals surface area contributed by atoms with Crippen LogP contribution in [0.5, 0.6) is 0 Å². The first-order valence-corrected chi connectivity index (χ1v) is 4.39. The SMILES string of the molecule is O[C@@H]1[C@@H]2O[C@@H]2c2ccccc2[C@H]1O. The molecule has 2 N–H and O–H groups in total. The molecule has 1 heterocycles. The van der Waals surface area contributed by atoms with Crippen molar-refractivity contribution in [3.05, 3.63) is 35.4 Å². The van der Waals surface area contributed by atoms with Gasteiger partial charge >= 0.3 is 0 Å². The number of rotatable bonds is 0. The third kappa shape index (κ3) is 0.892. The van der Waals surface area contributed by atoms with Gasteiger partial charge in [-0.2, -0.15) is 0 Å². The molecule has 0 radical (unpaired) electrons. The Bertz CT molecular complexity index is 350. The highest BCUT2D eigenvalue weighted by atomic mass is 16.6. The minimum atomic E-state index is -0.792. The van der Waals surface area contributed by atoms with E-state index in [0.717, 1.165) is 11.1 Å². The molecule has 3 nitrogen and oxygen atoms in total. The Morgan fingerprint density at radius 2 is 1.77 bits per heavy atom. The molecule has 13 heavy (non-hydrogen) atoms. The molecule has 2 aliphatic rings. The van der Waals surface area contributed by atoms with Crippen LogP contribution in [0.15, 0.2) is 24.3 Å². The van der Waals surface area contributed by atoms with Crippen LogP contribution in [0.3, 0.4) is 0 Å². The summed E-state index contributed by atoms with van der Waals surface area (Å²) in [5.74, 6) is 0. The van der Waals surface area contributed by atoms with Crippen molar-refractivity contribution >= 4 is 0 Å². The number of epoxide rings is 1. The maximum absolute atomic E-state index is 9.70. The Morgan fingerprint density at radius 1 is 1.08 bits per heavy atom. The lowest BCUT2D eigenvalue weighted by Crippen LogP contribution is -2.28. The summed E-state index contributed by atoms with van der Waals surface area (Å²) in [5, 5.41) is 19.3. The van der Waals surface area contributed by atoms with Gasteiger partial charge in [0.25, 0.3) is 0 Å². The molecule has 4 atom stereocenters. The zero-order valence-electron chi connectivity index (χ0n) is 6.92. The van der Waals surface area contributed by atoms with E-state index in [1.54, 1.807) is 0 Å². The summed E-state index contributed by atoms with van der Waals surface area (Å²) in [7, 11) is 0. The van der Waals surface area contributed by atoms with Crippen LogP contribution >= 0.6 is 0 Å². The van der Waals surface area contributed by atoms with Gasteiger partial charge in [-0.05, 0) is 11.1 Å². The molecule has 1 aliphatic carbocycles. The zero-order valence-corrected chi connectivity index (χ0v) is 6.92. The van der Waals surface area contributed by atoms with E-state index in [1.165, 1.54) is 0 Å². The van der Waals surface area contributed by atoms with E-state index in [4.69, 9.17) is 4.74 Å². The van der Waals surface area contributed by atoms with Gasteiger partial charge in [0.2, 0.25) is 0 Å². The third-order valence-corrected chi connectivity index (χ3v) is 2.81. The van der Waals surface area contributed by atoms with Gasteiger partial charge in [0.1, 0.15) is 24.4 Å². The Balaban J connectivity index is 2.14. The Morgan fingerprint density at radius 3 is 2.54 bits per heavy atom. The molecule has 0 saturated carbocycles. The van der Waals surface area contributed by atoms with Gasteiger partial charge in [-0.3, -0.25) is 0 Å². The summed E-state index contributed by atoms with van der Waals surface area (Å²) in [6, 6.07) is 7.55. The van der Waals surface area contributed by atoms with E-state index in [2.05, 4.69) is 0 Å². The molecule has 0 amide bonds. The second-order valence-electron chi connectivity index (χ2n) is 3.59. The summed E-state index contributed by atoms with van der Waals surface area (Å²) < 4.78 is 5.28. The molecule has 1 aliphatic heterocycles. The van der Waals surface area contributed by atoms with Crippen molar-refractivity contribution in [1.29, 1.82) is 0 Å². The number of fused-ring (bicyclic) bond motifs is 3. The maximum atomic E-state index is 9.70. The van der Waals surface area contributed by atoms with Crippen LogP contribution < -0.4 is 0 Å². The van der Waals surface area contributed by atoms with Crippen molar-refractivity contribution in [3.8, 4) is 0 Å². The minimum absolute atomic E-state index is 0.00889. The fourth-order valence-electron chi connectivity index (χ4n) is 2.04. The zero-order chi connectivity index (χ0) is 9.00. The van der Waals surface area contributed by atoms with Crippen LogP contribution in [0.1, 0.15) is 23.3 Å². The average Bonchev–Trinajstić information content (AvgIpc) is 2.94. The summed E-state index contributed by atoms with van der Waals surface area (Å²) in [6.07, 6.45) is -1.74. The minimum Gasteiger partial charge on any atom is -0.387 e. The lowest BCUT2D eigenvalue weighted by atomic mass is 9.88. The van der Waals surface area contributed by atoms with Crippen LogP contribution in [0.2, 0.25) is 0 Å². The number of aliphatic hydroxyl groups is 2. The number of ether oxygens (including phenoxy) is 1. The van der Waals surface area contributed by atoms with Gasteiger partial charge in [-0.1, -0.05) is 24.3 Å². The first-order chi connectivity index (χ1) is 6.29.